The van der Waals surface area contributed by atoms with Gasteiger partial charge in [-0.2, -0.15) is 4.98 Å². The van der Waals surface area contributed by atoms with E-state index >= 15 is 0 Å². The van der Waals surface area contributed by atoms with E-state index in [0.29, 0.717) is 37.2 Å². The summed E-state index contributed by atoms with van der Waals surface area (Å²) in [6.07, 6.45) is 1.72. The second-order valence-electron chi connectivity index (χ2n) is 16.9. The third-order valence-corrected chi connectivity index (χ3v) is 16.1. The fraction of sp³-hybridized carbons (Fsp3) is 0.408. The predicted molar refractivity (Wildman–Crippen MR) is 240 cm³/mol. The summed E-state index contributed by atoms with van der Waals surface area (Å²) in [7, 11) is 0.960. The number of esters is 1. The first-order valence-corrected chi connectivity index (χ1v) is 24.0. The van der Waals surface area contributed by atoms with E-state index in [4.69, 9.17) is 37.6 Å². The molecule has 0 N–H and O–H groups in total. The second kappa shape index (κ2) is 20.6. The van der Waals surface area contributed by atoms with E-state index in [-0.39, 0.29) is 36.8 Å². The van der Waals surface area contributed by atoms with Gasteiger partial charge in [-0.3, -0.25) is 4.57 Å². The molecule has 1 aliphatic heterocycles. The van der Waals surface area contributed by atoms with Gasteiger partial charge in [0, 0.05) is 18.2 Å². The Balaban J connectivity index is 1.20. The van der Waals surface area contributed by atoms with Crippen LogP contribution in [0.25, 0.3) is 0 Å². The average Bonchev–Trinajstić information content (AvgIpc) is 3.67. The Morgan fingerprint density at radius 2 is 1.34 bits per heavy atom. The lowest BCUT2D eigenvalue weighted by Crippen LogP contribution is -2.47. The fourth-order valence-electron chi connectivity index (χ4n) is 7.15. The van der Waals surface area contributed by atoms with Gasteiger partial charge in [-0.05, 0) is 91.0 Å². The number of unbranched alkanes of at least 4 members (excludes halogenated alkanes) is 1. The maximum atomic E-state index is 13.7. The number of nitrogens with zero attached hydrogens (tertiary/aromatic N) is 2. The van der Waals surface area contributed by atoms with Gasteiger partial charge in [-0.15, -0.1) is 0 Å². The molecular formula is C49H60N2O10Si. The SMILES string of the molecule is COc1ccc(C(OC[C@H]2O[C@@H](n3cc(C)c(OCCCCOC(=O)COc4ccccc4)nc3=O)C[C@@H]2O[Si](C)(C)C(C)(C)C)(c2ccccc2)c2ccc(OC)cc2)cc1. The molecule has 0 bridgehead atoms. The molecule has 62 heavy (non-hydrogen) atoms. The van der Waals surface area contributed by atoms with Crippen molar-refractivity contribution in [1.82, 2.24) is 9.55 Å². The van der Waals surface area contributed by atoms with Crippen LogP contribution < -0.4 is 24.6 Å². The Hall–Kier alpha value is -5.47. The largest absolute Gasteiger partial charge is 0.497 e. The third kappa shape index (κ3) is 11.1. The van der Waals surface area contributed by atoms with Crippen LogP contribution in [-0.2, 0) is 29.0 Å². The molecule has 13 heteroatoms. The molecule has 0 amide bonds. The quantitative estimate of drug-likeness (QED) is 0.0322. The minimum Gasteiger partial charge on any atom is -0.497 e. The highest BCUT2D eigenvalue weighted by atomic mass is 28.4. The summed E-state index contributed by atoms with van der Waals surface area (Å²) in [5, 5.41) is -0.0805. The zero-order valence-electron chi connectivity index (χ0n) is 37.1. The first-order valence-electron chi connectivity index (χ1n) is 21.1. The van der Waals surface area contributed by atoms with E-state index < -0.39 is 37.9 Å². The third-order valence-electron chi connectivity index (χ3n) is 11.6. The van der Waals surface area contributed by atoms with Crippen molar-refractivity contribution in [2.24, 2.45) is 0 Å². The van der Waals surface area contributed by atoms with Crippen LogP contribution in [0, 0.1) is 6.92 Å². The van der Waals surface area contributed by atoms with Crippen molar-refractivity contribution in [3.8, 4) is 23.1 Å². The number of hydrogen-bond donors (Lipinski definition) is 0. The molecule has 2 heterocycles. The summed E-state index contributed by atoms with van der Waals surface area (Å²) in [4.78, 5) is 30.1. The van der Waals surface area contributed by atoms with Gasteiger partial charge in [0.2, 0.25) is 5.88 Å². The second-order valence-corrected chi connectivity index (χ2v) is 21.6. The average molecular weight is 865 g/mol. The highest BCUT2D eigenvalue weighted by Gasteiger charge is 2.47. The van der Waals surface area contributed by atoms with Gasteiger partial charge < -0.3 is 37.6 Å². The molecule has 0 aliphatic carbocycles. The van der Waals surface area contributed by atoms with Gasteiger partial charge in [-0.25, -0.2) is 9.59 Å². The van der Waals surface area contributed by atoms with Gasteiger partial charge in [0.15, 0.2) is 14.9 Å². The molecule has 3 atom stereocenters. The normalized spacial score (nSPS) is 16.7. The minimum absolute atomic E-state index is 0.0805. The van der Waals surface area contributed by atoms with E-state index in [0.717, 1.165) is 28.2 Å². The lowest BCUT2D eigenvalue weighted by molar-refractivity contribution is -0.146. The van der Waals surface area contributed by atoms with Gasteiger partial charge >= 0.3 is 11.7 Å². The van der Waals surface area contributed by atoms with Gasteiger partial charge in [-0.1, -0.05) is 93.6 Å². The number of hydrogen-bond acceptors (Lipinski definition) is 11. The van der Waals surface area contributed by atoms with Crippen molar-refractivity contribution in [3.63, 3.8) is 0 Å². The molecule has 5 aromatic rings. The van der Waals surface area contributed by atoms with Crippen LogP contribution in [0.15, 0.2) is 120 Å². The Kier molecular flexibility index (Phi) is 15.3. The summed E-state index contributed by atoms with van der Waals surface area (Å²) in [5.74, 6) is 1.86. The molecule has 330 valence electrons. The summed E-state index contributed by atoms with van der Waals surface area (Å²) in [6, 6.07) is 35.0. The maximum absolute atomic E-state index is 13.7. The van der Waals surface area contributed by atoms with Crippen molar-refractivity contribution in [2.75, 3.05) is 40.6 Å². The number of carbonyl (C=O) groups excluding carboxylic acids is 1. The Bertz CT molecular complexity index is 2200. The Morgan fingerprint density at radius 3 is 1.92 bits per heavy atom. The summed E-state index contributed by atoms with van der Waals surface area (Å²) in [5.41, 5.74) is 1.83. The fourth-order valence-corrected chi connectivity index (χ4v) is 8.50. The molecule has 0 spiro atoms. The Labute approximate surface area is 366 Å². The molecule has 1 aromatic heterocycles. The highest BCUT2D eigenvalue weighted by molar-refractivity contribution is 6.74. The molecule has 1 aliphatic rings. The van der Waals surface area contributed by atoms with Crippen LogP contribution in [-0.4, -0.2) is 76.7 Å². The van der Waals surface area contributed by atoms with Gasteiger partial charge in [0.25, 0.3) is 0 Å². The molecule has 1 fully saturated rings. The first kappa shape index (κ1) is 46.0. The number of aromatic nitrogens is 2. The van der Waals surface area contributed by atoms with Crippen LogP contribution >= 0.6 is 0 Å². The van der Waals surface area contributed by atoms with Crippen LogP contribution in [0.4, 0.5) is 0 Å². The monoisotopic (exact) mass is 864 g/mol. The van der Waals surface area contributed by atoms with Crippen LogP contribution in [0.2, 0.25) is 18.1 Å². The van der Waals surface area contributed by atoms with Crippen molar-refractivity contribution in [2.45, 2.75) is 89.1 Å². The maximum Gasteiger partial charge on any atom is 0.352 e. The Morgan fingerprint density at radius 1 is 0.774 bits per heavy atom. The molecule has 1 saturated heterocycles. The number of ether oxygens (including phenoxy) is 7. The van der Waals surface area contributed by atoms with E-state index in [9.17, 15) is 9.59 Å². The van der Waals surface area contributed by atoms with Crippen molar-refractivity contribution >= 4 is 14.3 Å². The van der Waals surface area contributed by atoms with E-state index in [1.165, 1.54) is 4.57 Å². The summed E-state index contributed by atoms with van der Waals surface area (Å²) < 4.78 is 50.5. The van der Waals surface area contributed by atoms with E-state index in [2.05, 4.69) is 51.0 Å². The number of methoxy groups -OCH3 is 2. The van der Waals surface area contributed by atoms with Gasteiger partial charge in [0.05, 0.1) is 40.1 Å². The first-order chi connectivity index (χ1) is 29.7. The molecule has 0 unspecified atom stereocenters. The number of aryl methyl sites for hydroxylation is 1. The summed E-state index contributed by atoms with van der Waals surface area (Å²) in [6.45, 7) is 13.4. The van der Waals surface area contributed by atoms with Crippen LogP contribution in [0.3, 0.4) is 0 Å². The van der Waals surface area contributed by atoms with Crippen molar-refractivity contribution < 1.29 is 42.4 Å². The predicted octanol–water partition coefficient (Wildman–Crippen LogP) is 9.04. The molecule has 0 saturated carbocycles. The number of rotatable bonds is 20. The van der Waals surface area contributed by atoms with Crippen LogP contribution in [0.1, 0.15) is 68.5 Å². The zero-order valence-corrected chi connectivity index (χ0v) is 38.1. The molecular weight excluding hydrogens is 805 g/mol. The lowest BCUT2D eigenvalue weighted by atomic mass is 9.80. The topological polar surface area (TPSA) is 126 Å². The van der Waals surface area contributed by atoms with Gasteiger partial charge in [0.1, 0.15) is 35.2 Å². The van der Waals surface area contributed by atoms with Crippen molar-refractivity contribution in [1.29, 1.82) is 0 Å². The number of carbonyl (C=O) groups is 1. The zero-order chi connectivity index (χ0) is 44.3. The van der Waals surface area contributed by atoms with Crippen LogP contribution in [0.5, 0.6) is 23.1 Å². The molecule has 12 nitrogen and oxygen atoms in total. The standard InChI is InChI=1S/C49H60N2O10Si/c1-35-32-51(47(53)50-46(35)57-30-16-15-29-56-45(52)34-58-41-19-13-10-14-20-41)44-31-42(61-62(7,8)48(2,3)4)43(60-44)33-59-49(36-17-11-9-12-18-36,37-21-25-39(54-5)26-22-37)38-23-27-40(55-6)28-24-38/h9-14,17-28,32,42-44H,15-16,29-31,33-34H2,1-8H3/t42-,43+,44+/m0/s1. The van der Waals surface area contributed by atoms with E-state index in [1.54, 1.807) is 32.5 Å². The summed E-state index contributed by atoms with van der Waals surface area (Å²) >= 11 is 0. The van der Waals surface area contributed by atoms with E-state index in [1.807, 2.05) is 91.9 Å². The van der Waals surface area contributed by atoms with Crippen molar-refractivity contribution in [3.05, 3.63) is 148 Å². The smallest absolute Gasteiger partial charge is 0.352 e. The number of benzene rings is 4. The minimum atomic E-state index is -2.33. The lowest BCUT2D eigenvalue weighted by Gasteiger charge is -2.40. The number of para-hydroxylation sites is 1. The highest BCUT2D eigenvalue weighted by Crippen LogP contribution is 2.45. The molecule has 0 radical (unpaired) electrons. The molecule has 4 aromatic carbocycles. The molecule has 6 rings (SSSR count).